The van der Waals surface area contributed by atoms with Crippen LogP contribution in [0.5, 0.6) is 0 Å². The summed E-state index contributed by atoms with van der Waals surface area (Å²) in [6.45, 7) is 3.60. The Balaban J connectivity index is 0. The molecule has 3 nitrogen and oxygen atoms in total. The molecule has 1 aromatic carbocycles. The third kappa shape index (κ3) is 3.94. The molecular weight excluding hydrogens is 234 g/mol. The standard InChI is InChI=1S/C7H6NO2.BrH.Mg/c1-6-2-4-7(5-3-6)8(9)10;;/h2-5H,1H2;1H;/q-1;;+2/p-1. The van der Waals surface area contributed by atoms with E-state index in [9.17, 15) is 10.1 Å². The van der Waals surface area contributed by atoms with Crippen LogP contribution in [0.1, 0.15) is 5.56 Å². The van der Waals surface area contributed by atoms with Crippen molar-refractivity contribution >= 4 is 28.7 Å². The molecule has 0 spiro atoms. The molecule has 60 valence electrons. The predicted octanol–water partition coefficient (Wildman–Crippen LogP) is -1.60. The van der Waals surface area contributed by atoms with Gasteiger partial charge in [0.25, 0.3) is 0 Å². The quantitative estimate of drug-likeness (QED) is 0.257. The number of nitrogens with zero attached hydrogens (tertiary/aromatic N) is 1. The minimum absolute atomic E-state index is 0. The van der Waals surface area contributed by atoms with E-state index in [1.807, 2.05) is 0 Å². The smallest absolute Gasteiger partial charge is 1.00 e. The first-order valence-corrected chi connectivity index (χ1v) is 2.76. The molecule has 0 radical (unpaired) electrons. The molecule has 0 heterocycles. The van der Waals surface area contributed by atoms with Crippen LogP contribution in [0.2, 0.25) is 0 Å². The van der Waals surface area contributed by atoms with Gasteiger partial charge in [0.1, 0.15) is 0 Å². The number of non-ortho nitro benzene ring substituents is 1. The average Bonchev–Trinajstić information content (AvgIpc) is 1.88. The Morgan fingerprint density at radius 1 is 1.25 bits per heavy atom. The molecule has 0 saturated carbocycles. The molecule has 12 heavy (non-hydrogen) atoms. The van der Waals surface area contributed by atoms with Gasteiger partial charge in [-0.05, 0) is 12.1 Å². The molecule has 0 saturated heterocycles. The van der Waals surface area contributed by atoms with Gasteiger partial charge < -0.3 is 17.0 Å². The number of halogens is 1. The zero-order valence-corrected chi connectivity index (χ0v) is 9.37. The van der Waals surface area contributed by atoms with Crippen LogP contribution in [-0.4, -0.2) is 28.0 Å². The number of nitro benzene ring substituents is 1. The summed E-state index contributed by atoms with van der Waals surface area (Å²) in [5.41, 5.74) is 0.887. The summed E-state index contributed by atoms with van der Waals surface area (Å²) in [4.78, 5) is 9.67. The van der Waals surface area contributed by atoms with Crippen LogP contribution in [-0.2, 0) is 0 Å². The summed E-state index contributed by atoms with van der Waals surface area (Å²) in [5.74, 6) is 0. The van der Waals surface area contributed by atoms with E-state index < -0.39 is 4.92 Å². The second-order valence-electron chi connectivity index (χ2n) is 1.92. The summed E-state index contributed by atoms with van der Waals surface area (Å²) in [7, 11) is 0. The van der Waals surface area contributed by atoms with Crippen molar-refractivity contribution in [1.29, 1.82) is 0 Å². The fraction of sp³-hybridized carbons (Fsp3) is 0. The third-order valence-electron chi connectivity index (χ3n) is 1.15. The number of hydrogen-bond donors (Lipinski definition) is 0. The fourth-order valence-corrected chi connectivity index (χ4v) is 0.618. The third-order valence-corrected chi connectivity index (χ3v) is 1.15. The molecule has 1 aromatic rings. The van der Waals surface area contributed by atoms with Crippen LogP contribution >= 0.6 is 0 Å². The Labute approximate surface area is 97.2 Å². The van der Waals surface area contributed by atoms with Gasteiger partial charge in [0.05, 0.1) is 4.92 Å². The van der Waals surface area contributed by atoms with Crippen LogP contribution in [0.3, 0.4) is 0 Å². The molecule has 5 heteroatoms. The molecule has 0 aromatic heterocycles. The van der Waals surface area contributed by atoms with Crippen LogP contribution in [0.15, 0.2) is 24.3 Å². The summed E-state index contributed by atoms with van der Waals surface area (Å²) >= 11 is 0. The van der Waals surface area contributed by atoms with Crippen molar-refractivity contribution in [2.75, 3.05) is 0 Å². The Hall–Kier alpha value is -0.264. The maximum Gasteiger partial charge on any atom is 2.00 e. The van der Waals surface area contributed by atoms with Gasteiger partial charge >= 0.3 is 23.1 Å². The van der Waals surface area contributed by atoms with Gasteiger partial charge in [0.2, 0.25) is 5.69 Å². The molecule has 0 aliphatic carbocycles. The summed E-state index contributed by atoms with van der Waals surface area (Å²) in [5, 5.41) is 10.1. The average molecular weight is 240 g/mol. The van der Waals surface area contributed by atoms with Crippen LogP contribution in [0, 0.1) is 17.0 Å². The van der Waals surface area contributed by atoms with E-state index in [1.165, 1.54) is 12.1 Å². The van der Waals surface area contributed by atoms with Crippen LogP contribution in [0.4, 0.5) is 5.69 Å². The van der Waals surface area contributed by atoms with E-state index in [0.717, 1.165) is 5.56 Å². The van der Waals surface area contributed by atoms with Gasteiger partial charge in [-0.15, -0.1) is 0 Å². The van der Waals surface area contributed by atoms with E-state index in [4.69, 9.17) is 0 Å². The predicted molar refractivity (Wildman–Crippen MR) is 43.3 cm³/mol. The van der Waals surface area contributed by atoms with Gasteiger partial charge in [-0.3, -0.25) is 10.1 Å². The molecular formula is C7H6BrMgNO2. The second kappa shape index (κ2) is 6.27. The SMILES string of the molecule is [Br-].[CH2-]c1ccc([N+](=O)[O-])cc1.[Mg+2]. The zero-order chi connectivity index (χ0) is 7.56. The van der Waals surface area contributed by atoms with Crippen molar-refractivity contribution < 1.29 is 21.9 Å². The molecule has 0 aliphatic heterocycles. The number of hydrogen-bond acceptors (Lipinski definition) is 2. The molecule has 0 fully saturated rings. The van der Waals surface area contributed by atoms with Crippen molar-refractivity contribution in [2.45, 2.75) is 0 Å². The summed E-state index contributed by atoms with van der Waals surface area (Å²) < 4.78 is 0. The van der Waals surface area contributed by atoms with Crippen molar-refractivity contribution in [3.63, 3.8) is 0 Å². The van der Waals surface area contributed by atoms with Gasteiger partial charge in [-0.2, -0.15) is 24.6 Å². The maximum atomic E-state index is 10.1. The minimum Gasteiger partial charge on any atom is -1.00 e. The molecule has 0 atom stereocenters. The molecule has 0 aliphatic rings. The Bertz CT molecular complexity index is 250. The summed E-state index contributed by atoms with van der Waals surface area (Å²) in [6, 6.07) is 6.08. The van der Waals surface area contributed by atoms with Gasteiger partial charge in [0, 0.05) is 0 Å². The summed E-state index contributed by atoms with van der Waals surface area (Å²) in [6.07, 6.45) is 0. The van der Waals surface area contributed by atoms with E-state index in [1.54, 1.807) is 12.1 Å². The maximum absolute atomic E-state index is 10.1. The molecule has 0 amide bonds. The Morgan fingerprint density at radius 2 is 1.67 bits per heavy atom. The van der Waals surface area contributed by atoms with E-state index >= 15 is 0 Å². The van der Waals surface area contributed by atoms with Crippen molar-refractivity contribution in [3.8, 4) is 0 Å². The van der Waals surface area contributed by atoms with Gasteiger partial charge in [0.15, 0.2) is 0 Å². The minimum atomic E-state index is -0.431. The van der Waals surface area contributed by atoms with Crippen LogP contribution < -0.4 is 17.0 Å². The number of rotatable bonds is 1. The molecule has 0 bridgehead atoms. The molecule has 0 N–H and O–H groups in total. The van der Waals surface area contributed by atoms with Crippen LogP contribution in [0.25, 0.3) is 0 Å². The topological polar surface area (TPSA) is 43.1 Å². The Kier molecular flexibility index (Phi) is 7.46. The number of nitro groups is 1. The van der Waals surface area contributed by atoms with Gasteiger partial charge in [-0.25, -0.2) is 0 Å². The monoisotopic (exact) mass is 239 g/mol. The normalized spacial score (nSPS) is 7.67. The van der Waals surface area contributed by atoms with Crippen molar-refractivity contribution in [3.05, 3.63) is 46.9 Å². The first kappa shape index (κ1) is 14.3. The number of benzene rings is 1. The van der Waals surface area contributed by atoms with Crippen molar-refractivity contribution in [2.24, 2.45) is 0 Å². The molecule has 0 unspecified atom stereocenters. The van der Waals surface area contributed by atoms with E-state index in [0.29, 0.717) is 0 Å². The van der Waals surface area contributed by atoms with E-state index in [2.05, 4.69) is 6.92 Å². The first-order valence-electron chi connectivity index (χ1n) is 2.76. The Morgan fingerprint density at radius 3 is 2.00 bits per heavy atom. The largest absolute Gasteiger partial charge is 2.00 e. The van der Waals surface area contributed by atoms with Crippen molar-refractivity contribution in [1.82, 2.24) is 0 Å². The van der Waals surface area contributed by atoms with Gasteiger partial charge in [-0.1, -0.05) is 0 Å². The fourth-order valence-electron chi connectivity index (χ4n) is 0.618. The first-order chi connectivity index (χ1) is 4.70. The zero-order valence-electron chi connectivity index (χ0n) is 6.37. The molecule has 1 rings (SSSR count). The van der Waals surface area contributed by atoms with E-state index in [-0.39, 0.29) is 45.7 Å². The second-order valence-corrected chi connectivity index (χ2v) is 1.92.